The van der Waals surface area contributed by atoms with Gasteiger partial charge < -0.3 is 20.1 Å². The molecule has 0 heterocycles. The molecule has 0 aromatic heterocycles. The summed E-state index contributed by atoms with van der Waals surface area (Å²) >= 11 is 12.6. The van der Waals surface area contributed by atoms with Gasteiger partial charge in [-0.3, -0.25) is 9.59 Å². The van der Waals surface area contributed by atoms with Crippen LogP contribution in [-0.4, -0.2) is 25.5 Å². The van der Waals surface area contributed by atoms with E-state index >= 15 is 0 Å². The van der Waals surface area contributed by atoms with Crippen LogP contribution in [0.4, 0.5) is 11.4 Å². The minimum Gasteiger partial charge on any atom is -0.497 e. The number of nitriles is 1. The molecule has 35 heavy (non-hydrogen) atoms. The van der Waals surface area contributed by atoms with Crippen LogP contribution in [0.15, 0.2) is 66.2 Å². The van der Waals surface area contributed by atoms with Gasteiger partial charge in [0.1, 0.15) is 17.4 Å². The standard InChI is InChI=1S/C26H21Cl2N3O4/c1-16-3-5-19(6-4-16)30-24(32)15-35-25-22(27)12-17(13-23(25)28)11-18(14-29)26(33)31-20-7-9-21(34-2)10-8-20/h3-13H,15H2,1-2H3,(H,30,32)(H,31,33)/b18-11+. The van der Waals surface area contributed by atoms with Gasteiger partial charge >= 0.3 is 0 Å². The van der Waals surface area contributed by atoms with Gasteiger partial charge in [0.15, 0.2) is 12.4 Å². The quantitative estimate of drug-likeness (QED) is 0.292. The van der Waals surface area contributed by atoms with Crippen molar-refractivity contribution in [2.75, 3.05) is 24.4 Å². The molecule has 3 aromatic carbocycles. The summed E-state index contributed by atoms with van der Waals surface area (Å²) < 4.78 is 10.6. The normalized spacial score (nSPS) is 10.8. The third-order valence-corrected chi connectivity index (χ3v) is 5.29. The van der Waals surface area contributed by atoms with Crippen molar-refractivity contribution < 1.29 is 19.1 Å². The lowest BCUT2D eigenvalue weighted by atomic mass is 10.1. The van der Waals surface area contributed by atoms with Gasteiger partial charge in [-0.15, -0.1) is 0 Å². The maximum Gasteiger partial charge on any atom is 0.266 e. The lowest BCUT2D eigenvalue weighted by Crippen LogP contribution is -2.20. The molecule has 0 saturated carbocycles. The lowest BCUT2D eigenvalue weighted by Gasteiger charge is -2.11. The molecule has 0 aliphatic rings. The van der Waals surface area contributed by atoms with E-state index in [0.29, 0.717) is 22.7 Å². The molecule has 0 aliphatic heterocycles. The van der Waals surface area contributed by atoms with Gasteiger partial charge in [0.05, 0.1) is 17.2 Å². The number of ether oxygens (including phenoxy) is 2. The van der Waals surface area contributed by atoms with Gasteiger partial charge in [0, 0.05) is 11.4 Å². The highest BCUT2D eigenvalue weighted by atomic mass is 35.5. The smallest absolute Gasteiger partial charge is 0.266 e. The fourth-order valence-corrected chi connectivity index (χ4v) is 3.57. The first-order valence-corrected chi connectivity index (χ1v) is 11.1. The van der Waals surface area contributed by atoms with Crippen molar-refractivity contribution >= 4 is 52.5 Å². The number of hydrogen-bond donors (Lipinski definition) is 2. The highest BCUT2D eigenvalue weighted by Gasteiger charge is 2.14. The zero-order chi connectivity index (χ0) is 25.4. The second-order valence-corrected chi connectivity index (χ2v) is 8.18. The van der Waals surface area contributed by atoms with Crippen LogP contribution in [0.3, 0.4) is 0 Å². The van der Waals surface area contributed by atoms with Gasteiger partial charge in [-0.25, -0.2) is 0 Å². The summed E-state index contributed by atoms with van der Waals surface area (Å²) in [5.41, 5.74) is 2.47. The SMILES string of the molecule is COc1ccc(NC(=O)/C(C#N)=C/c2cc(Cl)c(OCC(=O)Nc3ccc(C)cc3)c(Cl)c2)cc1. The lowest BCUT2D eigenvalue weighted by molar-refractivity contribution is -0.118. The summed E-state index contributed by atoms with van der Waals surface area (Å²) in [6.07, 6.45) is 1.35. The molecule has 0 fully saturated rings. The minimum atomic E-state index is -0.599. The molecule has 0 aliphatic carbocycles. The largest absolute Gasteiger partial charge is 0.497 e. The van der Waals surface area contributed by atoms with Crippen molar-refractivity contribution in [2.24, 2.45) is 0 Å². The first kappa shape index (κ1) is 25.6. The number of hydrogen-bond acceptors (Lipinski definition) is 5. The Labute approximate surface area is 212 Å². The predicted octanol–water partition coefficient (Wildman–Crippen LogP) is 5.87. The number of rotatable bonds is 8. The topological polar surface area (TPSA) is 100 Å². The van der Waals surface area contributed by atoms with Crippen LogP contribution >= 0.6 is 23.2 Å². The van der Waals surface area contributed by atoms with E-state index in [-0.39, 0.29) is 33.9 Å². The van der Waals surface area contributed by atoms with Crippen LogP contribution in [0.2, 0.25) is 10.0 Å². The monoisotopic (exact) mass is 509 g/mol. The molecule has 0 saturated heterocycles. The van der Waals surface area contributed by atoms with Crippen molar-refractivity contribution in [1.29, 1.82) is 5.26 Å². The van der Waals surface area contributed by atoms with Crippen molar-refractivity contribution in [3.05, 3.63) is 87.4 Å². The van der Waals surface area contributed by atoms with Gasteiger partial charge in [0.2, 0.25) is 0 Å². The van der Waals surface area contributed by atoms with E-state index in [1.807, 2.05) is 25.1 Å². The number of nitrogens with zero attached hydrogens (tertiary/aromatic N) is 1. The number of methoxy groups -OCH3 is 1. The summed E-state index contributed by atoms with van der Waals surface area (Å²) in [5, 5.41) is 15.1. The van der Waals surface area contributed by atoms with E-state index in [1.54, 1.807) is 36.4 Å². The van der Waals surface area contributed by atoms with E-state index in [1.165, 1.54) is 25.3 Å². The van der Waals surface area contributed by atoms with E-state index in [2.05, 4.69) is 10.6 Å². The van der Waals surface area contributed by atoms with Crippen molar-refractivity contribution in [3.63, 3.8) is 0 Å². The first-order chi connectivity index (χ1) is 16.8. The Kier molecular flexibility index (Phi) is 8.74. The fraction of sp³-hybridized carbons (Fsp3) is 0.115. The summed E-state index contributed by atoms with van der Waals surface area (Å²) in [5.74, 6) is -0.228. The maximum atomic E-state index is 12.5. The van der Waals surface area contributed by atoms with Gasteiger partial charge in [-0.2, -0.15) is 5.26 Å². The Hall–Kier alpha value is -3.99. The Morgan fingerprint density at radius 2 is 1.54 bits per heavy atom. The molecule has 3 rings (SSSR count). The minimum absolute atomic E-state index is 0.116. The number of benzene rings is 3. The summed E-state index contributed by atoms with van der Waals surface area (Å²) in [4.78, 5) is 24.7. The zero-order valence-corrected chi connectivity index (χ0v) is 20.4. The van der Waals surface area contributed by atoms with Crippen LogP contribution in [0, 0.1) is 18.3 Å². The van der Waals surface area contributed by atoms with Crippen molar-refractivity contribution in [2.45, 2.75) is 6.92 Å². The molecule has 0 spiro atoms. The summed E-state index contributed by atoms with van der Waals surface area (Å²) in [6.45, 7) is 1.64. The second-order valence-electron chi connectivity index (χ2n) is 7.37. The van der Waals surface area contributed by atoms with Gasteiger partial charge in [-0.05, 0) is 67.1 Å². The molecular weight excluding hydrogens is 489 g/mol. The third-order valence-electron chi connectivity index (χ3n) is 4.73. The summed E-state index contributed by atoms with van der Waals surface area (Å²) in [6, 6.07) is 18.8. The highest BCUT2D eigenvalue weighted by molar-refractivity contribution is 6.37. The fourth-order valence-electron chi connectivity index (χ4n) is 2.96. The average molecular weight is 510 g/mol. The Morgan fingerprint density at radius 3 is 2.11 bits per heavy atom. The van der Waals surface area contributed by atoms with Gasteiger partial charge in [0.25, 0.3) is 11.8 Å². The van der Waals surface area contributed by atoms with Crippen molar-refractivity contribution in [1.82, 2.24) is 0 Å². The molecule has 2 amide bonds. The number of carbonyl (C=O) groups is 2. The maximum absolute atomic E-state index is 12.5. The van der Waals surface area contributed by atoms with E-state index in [4.69, 9.17) is 32.7 Å². The Balaban J connectivity index is 1.67. The molecule has 0 unspecified atom stereocenters. The Bertz CT molecular complexity index is 1270. The molecule has 0 radical (unpaired) electrons. The number of amides is 2. The third kappa shape index (κ3) is 7.24. The molecule has 2 N–H and O–H groups in total. The molecule has 0 bridgehead atoms. The molecule has 3 aromatic rings. The van der Waals surface area contributed by atoms with Gasteiger partial charge in [-0.1, -0.05) is 40.9 Å². The van der Waals surface area contributed by atoms with E-state index in [0.717, 1.165) is 5.56 Å². The van der Waals surface area contributed by atoms with E-state index in [9.17, 15) is 14.9 Å². The predicted molar refractivity (Wildman–Crippen MR) is 137 cm³/mol. The summed E-state index contributed by atoms with van der Waals surface area (Å²) in [7, 11) is 1.54. The molecular formula is C26H21Cl2N3O4. The van der Waals surface area contributed by atoms with Crippen LogP contribution in [0.5, 0.6) is 11.5 Å². The Morgan fingerprint density at radius 1 is 0.971 bits per heavy atom. The molecule has 7 nitrogen and oxygen atoms in total. The number of aryl methyl sites for hydroxylation is 1. The van der Waals surface area contributed by atoms with Crippen LogP contribution in [0.25, 0.3) is 6.08 Å². The average Bonchev–Trinajstić information content (AvgIpc) is 2.84. The second kappa shape index (κ2) is 11.9. The van der Waals surface area contributed by atoms with Crippen LogP contribution < -0.4 is 20.1 Å². The van der Waals surface area contributed by atoms with Crippen LogP contribution in [-0.2, 0) is 9.59 Å². The number of halogens is 2. The van der Waals surface area contributed by atoms with Crippen LogP contribution in [0.1, 0.15) is 11.1 Å². The zero-order valence-electron chi connectivity index (χ0n) is 18.9. The number of nitrogens with one attached hydrogen (secondary N) is 2. The van der Waals surface area contributed by atoms with Crippen molar-refractivity contribution in [3.8, 4) is 17.6 Å². The molecule has 9 heteroatoms. The molecule has 178 valence electrons. The number of carbonyl (C=O) groups excluding carboxylic acids is 2. The first-order valence-electron chi connectivity index (χ1n) is 10.3. The number of anilines is 2. The molecule has 0 atom stereocenters. The van der Waals surface area contributed by atoms with E-state index < -0.39 is 5.91 Å². The highest BCUT2D eigenvalue weighted by Crippen LogP contribution is 2.35.